The van der Waals surface area contributed by atoms with Gasteiger partial charge in [0.25, 0.3) is 0 Å². The van der Waals surface area contributed by atoms with Gasteiger partial charge in [0.15, 0.2) is 0 Å². The summed E-state index contributed by atoms with van der Waals surface area (Å²) in [5, 5.41) is 9.44. The monoisotopic (exact) mass is 511 g/mol. The third-order valence-corrected chi connectivity index (χ3v) is 8.82. The lowest BCUT2D eigenvalue weighted by molar-refractivity contribution is 0.0380. The lowest BCUT2D eigenvalue weighted by atomic mass is 10.0. The maximum atomic E-state index is 13.6. The molecule has 10 heteroatoms. The molecule has 0 unspecified atom stereocenters. The van der Waals surface area contributed by atoms with Crippen LogP contribution in [0.5, 0.6) is 0 Å². The molecule has 9 nitrogen and oxygen atoms in total. The first kappa shape index (κ1) is 26.2. The van der Waals surface area contributed by atoms with Crippen molar-refractivity contribution in [3.63, 3.8) is 0 Å². The molecule has 36 heavy (non-hydrogen) atoms. The minimum atomic E-state index is -3.51. The van der Waals surface area contributed by atoms with Crippen molar-refractivity contribution in [3.05, 3.63) is 59.3 Å². The standard InChI is InChI=1S/C26H33N5O4S/c27-19-24-3-1-10-28-26(24)30-12-8-25(9-13-30)31(20-22-4-6-23(21-32)7-5-22)36(33,34)18-2-11-29-14-16-35-17-15-29/h1,3-7,10,21,25H,2,8-9,11-18,20H2. The van der Waals surface area contributed by atoms with Crippen molar-refractivity contribution < 1.29 is 17.9 Å². The summed E-state index contributed by atoms with van der Waals surface area (Å²) < 4.78 is 34.3. The smallest absolute Gasteiger partial charge is 0.214 e. The van der Waals surface area contributed by atoms with E-state index in [0.29, 0.717) is 62.5 Å². The third kappa shape index (κ3) is 6.68. The fourth-order valence-electron chi connectivity index (χ4n) is 4.85. The predicted molar refractivity (Wildman–Crippen MR) is 137 cm³/mol. The van der Waals surface area contributed by atoms with Crippen LogP contribution >= 0.6 is 0 Å². The number of aromatic nitrogens is 1. The van der Waals surface area contributed by atoms with E-state index in [9.17, 15) is 18.5 Å². The molecule has 0 N–H and O–H groups in total. The number of carbonyl (C=O) groups excluding carboxylic acids is 1. The average Bonchev–Trinajstić information content (AvgIpc) is 2.92. The fourth-order valence-corrected chi connectivity index (χ4v) is 6.59. The van der Waals surface area contributed by atoms with Gasteiger partial charge in [0.2, 0.25) is 10.0 Å². The Labute approximate surface area is 213 Å². The number of hydrogen-bond donors (Lipinski definition) is 0. The van der Waals surface area contributed by atoms with Gasteiger partial charge in [0.05, 0.1) is 24.5 Å². The van der Waals surface area contributed by atoms with E-state index in [1.165, 1.54) is 0 Å². The highest BCUT2D eigenvalue weighted by molar-refractivity contribution is 7.89. The molecule has 3 heterocycles. The second-order valence-corrected chi connectivity index (χ2v) is 11.3. The van der Waals surface area contributed by atoms with Crippen molar-refractivity contribution in [2.24, 2.45) is 0 Å². The highest BCUT2D eigenvalue weighted by Crippen LogP contribution is 2.27. The van der Waals surface area contributed by atoms with Gasteiger partial charge in [-0.3, -0.25) is 9.69 Å². The number of benzene rings is 1. The number of nitrogens with zero attached hydrogens (tertiary/aromatic N) is 5. The Morgan fingerprint density at radius 3 is 2.50 bits per heavy atom. The molecule has 0 radical (unpaired) electrons. The molecule has 0 bridgehead atoms. The average molecular weight is 512 g/mol. The van der Waals surface area contributed by atoms with Crippen molar-refractivity contribution in [1.82, 2.24) is 14.2 Å². The maximum Gasteiger partial charge on any atom is 0.214 e. The molecular formula is C26H33N5O4S. The number of morpholine rings is 1. The Morgan fingerprint density at radius 2 is 1.83 bits per heavy atom. The van der Waals surface area contributed by atoms with Crippen LogP contribution in [0.25, 0.3) is 0 Å². The van der Waals surface area contributed by atoms with E-state index >= 15 is 0 Å². The number of hydrogen-bond acceptors (Lipinski definition) is 8. The minimum Gasteiger partial charge on any atom is -0.379 e. The predicted octanol–water partition coefficient (Wildman–Crippen LogP) is 2.29. The first-order chi connectivity index (χ1) is 17.5. The molecule has 0 atom stereocenters. The molecule has 0 amide bonds. The van der Waals surface area contributed by atoms with Gasteiger partial charge in [0, 0.05) is 50.5 Å². The Kier molecular flexibility index (Phi) is 9.04. The summed E-state index contributed by atoms with van der Waals surface area (Å²) in [6.45, 7) is 5.32. The summed E-state index contributed by atoms with van der Waals surface area (Å²) in [5.74, 6) is 0.748. The van der Waals surface area contributed by atoms with Gasteiger partial charge < -0.3 is 9.64 Å². The van der Waals surface area contributed by atoms with Crippen LogP contribution in [0.1, 0.15) is 40.7 Å². The molecule has 2 fully saturated rings. The Hall–Kier alpha value is -2.84. The molecule has 2 aliphatic rings. The van der Waals surface area contributed by atoms with Crippen LogP contribution in [0.4, 0.5) is 5.82 Å². The Morgan fingerprint density at radius 1 is 1.11 bits per heavy atom. The number of rotatable bonds is 10. The molecule has 0 aliphatic carbocycles. The normalized spacial score (nSPS) is 17.7. The van der Waals surface area contributed by atoms with Crippen molar-refractivity contribution in [2.45, 2.75) is 31.8 Å². The van der Waals surface area contributed by atoms with E-state index in [-0.39, 0.29) is 18.3 Å². The molecule has 2 aliphatic heterocycles. The molecule has 4 rings (SSSR count). The summed E-state index contributed by atoms with van der Waals surface area (Å²) in [5.41, 5.74) is 1.95. The Balaban J connectivity index is 1.46. The summed E-state index contributed by atoms with van der Waals surface area (Å²) in [7, 11) is -3.51. The van der Waals surface area contributed by atoms with Crippen molar-refractivity contribution in [2.75, 3.05) is 56.6 Å². The lowest BCUT2D eigenvalue weighted by Gasteiger charge is -2.38. The molecule has 0 spiro atoms. The zero-order valence-corrected chi connectivity index (χ0v) is 21.3. The van der Waals surface area contributed by atoms with E-state index in [4.69, 9.17) is 4.74 Å². The van der Waals surface area contributed by atoms with Crippen molar-refractivity contribution >= 4 is 22.1 Å². The van der Waals surface area contributed by atoms with Crippen LogP contribution in [-0.2, 0) is 21.3 Å². The van der Waals surface area contributed by atoms with Crippen LogP contribution in [0.2, 0.25) is 0 Å². The number of pyridine rings is 1. The zero-order valence-electron chi connectivity index (χ0n) is 20.5. The summed E-state index contributed by atoms with van der Waals surface area (Å²) in [6.07, 6.45) is 4.33. The van der Waals surface area contributed by atoms with Gasteiger partial charge in [-0.2, -0.15) is 9.57 Å². The van der Waals surface area contributed by atoms with Crippen molar-refractivity contribution in [1.29, 1.82) is 5.26 Å². The highest BCUT2D eigenvalue weighted by Gasteiger charge is 2.33. The third-order valence-electron chi connectivity index (χ3n) is 6.87. The number of aldehydes is 1. The van der Waals surface area contributed by atoms with Crippen LogP contribution in [0.15, 0.2) is 42.6 Å². The molecule has 2 aromatic rings. The summed E-state index contributed by atoms with van der Waals surface area (Å²) in [6, 6.07) is 12.6. The van der Waals surface area contributed by atoms with Gasteiger partial charge in [-0.05, 0) is 43.5 Å². The number of carbonyl (C=O) groups is 1. The molecule has 2 saturated heterocycles. The quantitative estimate of drug-likeness (QED) is 0.447. The molecule has 1 aromatic carbocycles. The second-order valence-electron chi connectivity index (χ2n) is 9.23. The van der Waals surface area contributed by atoms with Gasteiger partial charge in [-0.25, -0.2) is 13.4 Å². The number of anilines is 1. The SMILES string of the molecule is N#Cc1cccnc1N1CCC(N(Cc2ccc(C=O)cc2)S(=O)(=O)CCCN2CCOCC2)CC1. The molecular weight excluding hydrogens is 478 g/mol. The van der Waals surface area contributed by atoms with Gasteiger partial charge in [-0.1, -0.05) is 24.3 Å². The molecule has 1 aromatic heterocycles. The minimum absolute atomic E-state index is 0.0931. The highest BCUT2D eigenvalue weighted by atomic mass is 32.2. The number of nitriles is 1. The topological polar surface area (TPSA) is 107 Å². The molecule has 192 valence electrons. The zero-order chi connectivity index (χ0) is 25.4. The number of sulfonamides is 1. The van der Waals surface area contributed by atoms with Gasteiger partial charge >= 0.3 is 0 Å². The molecule has 0 saturated carbocycles. The first-order valence-corrected chi connectivity index (χ1v) is 14.0. The van der Waals surface area contributed by atoms with E-state index in [0.717, 1.165) is 31.5 Å². The van der Waals surface area contributed by atoms with Crippen molar-refractivity contribution in [3.8, 4) is 6.07 Å². The summed E-state index contributed by atoms with van der Waals surface area (Å²) in [4.78, 5) is 19.7. The first-order valence-electron chi connectivity index (χ1n) is 12.4. The maximum absolute atomic E-state index is 13.6. The number of piperidine rings is 1. The fraction of sp³-hybridized carbons (Fsp3) is 0.500. The lowest BCUT2D eigenvalue weighted by Crippen LogP contribution is -2.48. The van der Waals surface area contributed by atoms with E-state index < -0.39 is 10.0 Å². The van der Waals surface area contributed by atoms with Crippen LogP contribution in [0.3, 0.4) is 0 Å². The van der Waals surface area contributed by atoms with E-state index in [1.54, 1.807) is 34.8 Å². The summed E-state index contributed by atoms with van der Waals surface area (Å²) >= 11 is 0. The van der Waals surface area contributed by atoms with E-state index in [1.807, 2.05) is 12.1 Å². The van der Waals surface area contributed by atoms with Gasteiger partial charge in [-0.15, -0.1) is 0 Å². The second kappa shape index (κ2) is 12.4. The Bertz CT molecular complexity index is 1150. The van der Waals surface area contributed by atoms with Gasteiger partial charge in [0.1, 0.15) is 18.2 Å². The van der Waals surface area contributed by atoms with Crippen LogP contribution < -0.4 is 4.90 Å². The van der Waals surface area contributed by atoms with Crippen LogP contribution in [-0.4, -0.2) is 86.6 Å². The largest absolute Gasteiger partial charge is 0.379 e. The van der Waals surface area contributed by atoms with Crippen LogP contribution in [0, 0.1) is 11.3 Å². The van der Waals surface area contributed by atoms with E-state index in [2.05, 4.69) is 20.9 Å². The number of ether oxygens (including phenoxy) is 1.